The van der Waals surface area contributed by atoms with Crippen LogP contribution in [0.5, 0.6) is 0 Å². The van der Waals surface area contributed by atoms with Crippen LogP contribution in [0.4, 0.5) is 5.69 Å². The number of nitrogens with zero attached hydrogens (tertiary/aromatic N) is 3. The van der Waals surface area contributed by atoms with Crippen LogP contribution in [0.1, 0.15) is 5.56 Å². The summed E-state index contributed by atoms with van der Waals surface area (Å²) < 4.78 is 0.780. The van der Waals surface area contributed by atoms with Gasteiger partial charge in [-0.15, -0.1) is 0 Å². The number of benzene rings is 1. The van der Waals surface area contributed by atoms with Gasteiger partial charge in [0.1, 0.15) is 12.1 Å². The first-order valence-corrected chi connectivity index (χ1v) is 5.35. The van der Waals surface area contributed by atoms with E-state index in [-0.39, 0.29) is 5.71 Å². The molecule has 0 aromatic heterocycles. The number of anilines is 1. The Morgan fingerprint density at radius 1 is 1.44 bits per heavy atom. The highest BCUT2D eigenvalue weighted by molar-refractivity contribution is 9.10. The molecule has 0 atom stereocenters. The maximum absolute atomic E-state index is 8.50. The van der Waals surface area contributed by atoms with Crippen molar-refractivity contribution in [1.29, 1.82) is 10.5 Å². The summed E-state index contributed by atoms with van der Waals surface area (Å²) in [6.07, 6.45) is 0. The Labute approximate surface area is 106 Å². The van der Waals surface area contributed by atoms with Gasteiger partial charge in [0.05, 0.1) is 10.7 Å². The fourth-order valence-corrected chi connectivity index (χ4v) is 1.56. The van der Waals surface area contributed by atoms with E-state index in [2.05, 4.69) is 26.5 Å². The molecule has 1 rings (SSSR count). The Kier molecular flexibility index (Phi) is 4.30. The minimum Gasteiger partial charge on any atom is -0.276 e. The molecule has 6 heteroatoms. The molecule has 0 unspecified atom stereocenters. The van der Waals surface area contributed by atoms with Gasteiger partial charge in [0.25, 0.3) is 0 Å². The lowest BCUT2D eigenvalue weighted by Gasteiger charge is -2.07. The number of nitriles is 2. The Morgan fingerprint density at radius 3 is 2.62 bits per heavy atom. The van der Waals surface area contributed by atoms with E-state index in [1.807, 2.05) is 6.92 Å². The lowest BCUT2D eigenvalue weighted by Crippen LogP contribution is -1.98. The second-order valence-electron chi connectivity index (χ2n) is 2.83. The van der Waals surface area contributed by atoms with Gasteiger partial charge < -0.3 is 0 Å². The number of hydrogen-bond donors (Lipinski definition) is 1. The molecule has 0 aliphatic rings. The van der Waals surface area contributed by atoms with E-state index in [4.69, 9.17) is 22.1 Å². The van der Waals surface area contributed by atoms with Gasteiger partial charge in [-0.25, -0.2) is 0 Å². The molecule has 0 aliphatic heterocycles. The first-order valence-electron chi connectivity index (χ1n) is 4.18. The molecule has 0 saturated carbocycles. The first-order chi connectivity index (χ1) is 7.60. The highest BCUT2D eigenvalue weighted by Crippen LogP contribution is 2.30. The van der Waals surface area contributed by atoms with Crippen molar-refractivity contribution in [1.82, 2.24) is 0 Å². The average Bonchev–Trinajstić information content (AvgIpc) is 2.30. The molecule has 0 aliphatic carbocycles. The van der Waals surface area contributed by atoms with Crippen LogP contribution in [0.25, 0.3) is 0 Å². The van der Waals surface area contributed by atoms with Gasteiger partial charge >= 0.3 is 0 Å². The molecule has 0 bridgehead atoms. The summed E-state index contributed by atoms with van der Waals surface area (Å²) in [6.45, 7) is 1.81. The summed E-state index contributed by atoms with van der Waals surface area (Å²) in [5, 5.41) is 21.2. The van der Waals surface area contributed by atoms with Crippen LogP contribution in [0.15, 0.2) is 21.7 Å². The van der Waals surface area contributed by atoms with Crippen LogP contribution in [0, 0.1) is 29.6 Å². The zero-order valence-electron chi connectivity index (χ0n) is 8.25. The smallest absolute Gasteiger partial charge is 0.237 e. The Hall–Kier alpha value is -1.56. The van der Waals surface area contributed by atoms with E-state index in [0.29, 0.717) is 10.7 Å². The third kappa shape index (κ3) is 2.73. The molecule has 0 spiro atoms. The van der Waals surface area contributed by atoms with Crippen molar-refractivity contribution in [2.75, 3.05) is 5.43 Å². The summed E-state index contributed by atoms with van der Waals surface area (Å²) in [5.41, 5.74) is 3.82. The molecule has 1 aromatic rings. The van der Waals surface area contributed by atoms with E-state index in [1.54, 1.807) is 24.3 Å². The fraction of sp³-hybridized carbons (Fsp3) is 0.100. The van der Waals surface area contributed by atoms with E-state index in [9.17, 15) is 0 Å². The standard InChI is InChI=1S/C10H6BrClN4/c1-6-9(3-2-8(11)10(6)12)16-15-7(4-13)5-14/h2-3,16H,1H3. The summed E-state index contributed by atoms with van der Waals surface area (Å²) >= 11 is 9.29. The minimum absolute atomic E-state index is 0.238. The van der Waals surface area contributed by atoms with Crippen molar-refractivity contribution in [3.05, 3.63) is 27.2 Å². The van der Waals surface area contributed by atoms with Gasteiger partial charge in [-0.3, -0.25) is 5.43 Å². The Balaban J connectivity index is 3.02. The van der Waals surface area contributed by atoms with Gasteiger partial charge in [0.2, 0.25) is 5.71 Å². The van der Waals surface area contributed by atoms with E-state index < -0.39 is 0 Å². The summed E-state index contributed by atoms with van der Waals surface area (Å²) in [4.78, 5) is 0. The molecule has 0 fully saturated rings. The van der Waals surface area contributed by atoms with Crippen molar-refractivity contribution in [2.24, 2.45) is 5.10 Å². The molecular weight excluding hydrogens is 291 g/mol. The summed E-state index contributed by atoms with van der Waals surface area (Å²) in [7, 11) is 0. The zero-order valence-corrected chi connectivity index (χ0v) is 10.6. The second-order valence-corrected chi connectivity index (χ2v) is 4.06. The van der Waals surface area contributed by atoms with Crippen molar-refractivity contribution in [3.8, 4) is 12.1 Å². The third-order valence-corrected chi connectivity index (χ3v) is 3.22. The number of hydrazone groups is 1. The third-order valence-electron chi connectivity index (χ3n) is 1.84. The predicted molar refractivity (Wildman–Crippen MR) is 66.2 cm³/mol. The van der Waals surface area contributed by atoms with Crippen molar-refractivity contribution < 1.29 is 0 Å². The Morgan fingerprint density at radius 2 is 2.06 bits per heavy atom. The van der Waals surface area contributed by atoms with Gasteiger partial charge in [-0.05, 0) is 40.5 Å². The molecule has 80 valence electrons. The van der Waals surface area contributed by atoms with Gasteiger partial charge in [-0.2, -0.15) is 15.6 Å². The lowest BCUT2D eigenvalue weighted by molar-refractivity contribution is 1.30. The minimum atomic E-state index is -0.238. The number of halogens is 2. The quantitative estimate of drug-likeness (QED) is 0.673. The summed E-state index contributed by atoms with van der Waals surface area (Å²) in [5.74, 6) is 0. The van der Waals surface area contributed by atoms with Crippen molar-refractivity contribution in [2.45, 2.75) is 6.92 Å². The zero-order chi connectivity index (χ0) is 12.1. The SMILES string of the molecule is Cc1c(NN=C(C#N)C#N)ccc(Br)c1Cl. The molecular formula is C10H6BrClN4. The number of nitrogens with one attached hydrogen (secondary N) is 1. The molecule has 1 aromatic carbocycles. The van der Waals surface area contributed by atoms with E-state index >= 15 is 0 Å². The van der Waals surface area contributed by atoms with Crippen LogP contribution in [-0.2, 0) is 0 Å². The topological polar surface area (TPSA) is 72.0 Å². The molecule has 4 nitrogen and oxygen atoms in total. The average molecular weight is 298 g/mol. The van der Waals surface area contributed by atoms with Crippen LogP contribution >= 0.6 is 27.5 Å². The van der Waals surface area contributed by atoms with E-state index in [0.717, 1.165) is 10.0 Å². The highest BCUT2D eigenvalue weighted by Gasteiger charge is 2.05. The van der Waals surface area contributed by atoms with Crippen LogP contribution < -0.4 is 5.43 Å². The van der Waals surface area contributed by atoms with E-state index in [1.165, 1.54) is 0 Å². The summed E-state index contributed by atoms with van der Waals surface area (Å²) in [6, 6.07) is 6.81. The molecule has 0 saturated heterocycles. The lowest BCUT2D eigenvalue weighted by atomic mass is 10.2. The second kappa shape index (κ2) is 5.50. The van der Waals surface area contributed by atoms with Gasteiger partial charge in [0.15, 0.2) is 0 Å². The fourth-order valence-electron chi connectivity index (χ4n) is 0.964. The molecule has 1 N–H and O–H groups in total. The number of rotatable bonds is 2. The normalized spacial score (nSPS) is 8.81. The molecule has 0 heterocycles. The first kappa shape index (κ1) is 12.5. The van der Waals surface area contributed by atoms with Crippen molar-refractivity contribution >= 4 is 38.9 Å². The number of hydrogen-bond acceptors (Lipinski definition) is 4. The molecule has 0 radical (unpaired) electrons. The maximum Gasteiger partial charge on any atom is 0.237 e. The largest absolute Gasteiger partial charge is 0.276 e. The van der Waals surface area contributed by atoms with Gasteiger partial charge in [-0.1, -0.05) is 11.6 Å². The predicted octanol–water partition coefficient (Wildman–Crippen LogP) is 3.23. The van der Waals surface area contributed by atoms with Gasteiger partial charge in [0, 0.05) is 4.47 Å². The van der Waals surface area contributed by atoms with Crippen LogP contribution in [0.3, 0.4) is 0 Å². The highest BCUT2D eigenvalue weighted by atomic mass is 79.9. The molecule has 0 amide bonds. The monoisotopic (exact) mass is 296 g/mol. The van der Waals surface area contributed by atoms with Crippen LogP contribution in [-0.4, -0.2) is 5.71 Å². The maximum atomic E-state index is 8.50. The molecule has 16 heavy (non-hydrogen) atoms. The van der Waals surface area contributed by atoms with Crippen LogP contribution in [0.2, 0.25) is 5.02 Å². The van der Waals surface area contributed by atoms with Crippen molar-refractivity contribution in [3.63, 3.8) is 0 Å². The Bertz CT molecular complexity index is 509.